The highest BCUT2D eigenvalue weighted by atomic mass is 16.6. The van der Waals surface area contributed by atoms with Gasteiger partial charge in [-0.2, -0.15) is 0 Å². The molecule has 3 heterocycles. The number of allylic oxidation sites excluding steroid dienone is 10. The van der Waals surface area contributed by atoms with Crippen LogP contribution in [0.5, 0.6) is 0 Å². The zero-order chi connectivity index (χ0) is 75.3. The van der Waals surface area contributed by atoms with E-state index in [1.165, 1.54) is 12.2 Å². The lowest BCUT2D eigenvalue weighted by atomic mass is 9.92. The number of carbonyl (C=O) groups is 8. The zero-order valence-corrected chi connectivity index (χ0v) is 60.4. The van der Waals surface area contributed by atoms with Crippen LogP contribution >= 0.6 is 0 Å². The molecule has 6 rings (SSSR count). The fraction of sp³-hybridized carbons (Fsp3) is 0.455. The number of carboxylic acid groups (broad SMARTS) is 1. The van der Waals surface area contributed by atoms with Crippen molar-refractivity contribution in [1.29, 1.82) is 0 Å². The molecule has 0 spiro atoms. The Kier molecular flexibility index (Phi) is 45.2. The highest BCUT2D eigenvalue weighted by Gasteiger charge is 2.46. The van der Waals surface area contributed by atoms with Gasteiger partial charge in [-0.1, -0.05) is 159 Å². The van der Waals surface area contributed by atoms with Gasteiger partial charge in [-0.25, -0.2) is 9.59 Å². The Morgan fingerprint density at radius 3 is 1.11 bits per heavy atom. The maximum Gasteiger partial charge on any atom is 0.407 e. The molecule has 102 heavy (non-hydrogen) atoms. The van der Waals surface area contributed by atoms with E-state index in [0.29, 0.717) is 115 Å². The Morgan fingerprint density at radius 2 is 0.765 bits per heavy atom. The summed E-state index contributed by atoms with van der Waals surface area (Å²) in [4.78, 5) is 94.6. The summed E-state index contributed by atoms with van der Waals surface area (Å²) < 4.78 is 42.2. The molecule has 13 N–H and O–H groups in total. The van der Waals surface area contributed by atoms with Gasteiger partial charge in [0.2, 0.25) is 29.0 Å². The third-order valence-electron chi connectivity index (χ3n) is 14.3. The van der Waals surface area contributed by atoms with Gasteiger partial charge in [-0.05, 0) is 86.5 Å². The number of alkyl carbamates (subject to hydrolysis) is 1. The Balaban J connectivity index is 0.000000495. The average Bonchev–Trinajstić information content (AvgIpc) is 1.64. The second kappa shape index (κ2) is 51.9. The lowest BCUT2D eigenvalue weighted by Crippen LogP contribution is -2.34. The van der Waals surface area contributed by atoms with Gasteiger partial charge >= 0.3 is 12.1 Å². The Hall–Kier alpha value is -9.18. The number of nitrogens with one attached hydrogen (secondary N) is 4. The third kappa shape index (κ3) is 36.4. The molecule has 3 atom stereocenters. The SMILES string of the molecule is CC(C)(C)OC(=O)NCCOCCN.CC/C=C\C/C=C\C/C=C\C/C=C\C/C=C\CCCC(=O)NCCOCCNC(=O)C1=CC(=O)C(C)(c2ccccc2)O1.CC1(c2ccccc2)OC(C(=O)NCCOCCN)=CC1=O.CC1(c2ccccc2)OC(C(=O)O)=CC1=O.NCCOCCN. The predicted octanol–water partition coefficient (Wildman–Crippen LogP) is 7.91. The lowest BCUT2D eigenvalue weighted by Gasteiger charge is -2.23. The van der Waals surface area contributed by atoms with Crippen molar-refractivity contribution in [2.45, 2.75) is 122 Å². The van der Waals surface area contributed by atoms with Crippen LogP contribution in [-0.4, -0.2) is 163 Å². The first-order chi connectivity index (χ1) is 49.0. The van der Waals surface area contributed by atoms with Crippen molar-refractivity contribution in [3.63, 3.8) is 0 Å². The molecule has 3 aliphatic rings. The molecule has 0 saturated heterocycles. The van der Waals surface area contributed by atoms with Crippen molar-refractivity contribution in [3.05, 3.63) is 204 Å². The second-order valence-electron chi connectivity index (χ2n) is 23.9. The molecule has 0 bridgehead atoms. The van der Waals surface area contributed by atoms with Gasteiger partial charge in [0.15, 0.2) is 28.3 Å². The molecule has 3 aromatic rings. The van der Waals surface area contributed by atoms with Gasteiger partial charge in [0.05, 0.1) is 52.9 Å². The van der Waals surface area contributed by atoms with Gasteiger partial charge < -0.3 is 87.2 Å². The standard InChI is InChI=1S/C36H48N2O5.C16H20N2O4.C12H10O4.C9H20N2O3.C4H12N2O/c1-3-4-5-6-7-8-9-10-11-12-13-14-15-16-17-18-22-25-34(40)37-26-28-42-29-27-38-35(41)32-30-33(39)36(2,43-32)31-23-20-19-21-24-31;1-16(12-5-3-2-4-6-12)14(19)11-13(22-16)15(20)18-8-10-21-9-7-17;1-12(8-5-3-2-4-6-8)10(13)7-9(16-12)11(14)15;1-9(2,3)14-8(12)11-5-7-13-6-4-10;5-1-3-7-4-2-6/h4-5,7-8,10-11,13-14,16-17,19-21,23-24,30H,3,6,9,12,15,18,22,25-29H2,1-2H3,(H,37,40)(H,38,41);2-6,11H,7-10,17H2,1H3,(H,18,20);2-7H,1H3,(H,14,15);4-7,10H2,1-3H3,(H,11,12);1-6H2/b5-4-,8-7-,11-10-,14-13-,17-16-;;;;. The molecular weight excluding hydrogens is 1310 g/mol. The summed E-state index contributed by atoms with van der Waals surface area (Å²) in [6, 6.07) is 27.0. The molecule has 0 aliphatic carbocycles. The van der Waals surface area contributed by atoms with E-state index < -0.39 is 46.3 Å². The number of hydrogen-bond acceptors (Lipinski definition) is 20. The summed E-state index contributed by atoms with van der Waals surface area (Å²) in [6.07, 6.45) is 31.9. The molecule has 25 nitrogen and oxygen atoms in total. The normalized spacial score (nSPS) is 17.5. The minimum Gasteiger partial charge on any atom is -0.475 e. The van der Waals surface area contributed by atoms with E-state index in [-0.39, 0.29) is 53.7 Å². The van der Waals surface area contributed by atoms with Crippen molar-refractivity contribution in [2.24, 2.45) is 22.9 Å². The van der Waals surface area contributed by atoms with E-state index in [4.69, 9.17) is 65.9 Å². The van der Waals surface area contributed by atoms with Crippen LogP contribution in [0.3, 0.4) is 0 Å². The van der Waals surface area contributed by atoms with E-state index in [1.807, 2.05) is 63.2 Å². The van der Waals surface area contributed by atoms with Crippen molar-refractivity contribution >= 4 is 47.1 Å². The van der Waals surface area contributed by atoms with Crippen molar-refractivity contribution in [1.82, 2.24) is 21.3 Å². The van der Waals surface area contributed by atoms with Crippen LogP contribution in [0.25, 0.3) is 0 Å². The fourth-order valence-electron chi connectivity index (χ4n) is 8.90. The summed E-state index contributed by atoms with van der Waals surface area (Å²) in [5, 5.41) is 19.5. The number of nitrogens with two attached hydrogens (primary N) is 4. The van der Waals surface area contributed by atoms with Crippen LogP contribution in [0, 0.1) is 0 Å². The van der Waals surface area contributed by atoms with Gasteiger partial charge in [0, 0.05) is 93.7 Å². The zero-order valence-electron chi connectivity index (χ0n) is 60.4. The number of hydrogen-bond donors (Lipinski definition) is 9. The summed E-state index contributed by atoms with van der Waals surface area (Å²) in [7, 11) is 0. The van der Waals surface area contributed by atoms with Crippen LogP contribution < -0.4 is 44.2 Å². The molecule has 25 heteroatoms. The van der Waals surface area contributed by atoms with E-state index in [2.05, 4.69) is 89.0 Å². The van der Waals surface area contributed by atoms with E-state index in [9.17, 15) is 38.4 Å². The van der Waals surface area contributed by atoms with E-state index in [0.717, 1.165) is 51.0 Å². The Morgan fingerprint density at radius 1 is 0.451 bits per heavy atom. The third-order valence-corrected chi connectivity index (χ3v) is 14.3. The quantitative estimate of drug-likeness (QED) is 0.0193. The first-order valence-electron chi connectivity index (χ1n) is 34.4. The number of rotatable bonds is 39. The number of unbranched alkanes of at least 4 members (excludes halogenated alkanes) is 1. The molecular formula is C77H110N8O17. The number of aliphatic carboxylic acids is 1. The van der Waals surface area contributed by atoms with Crippen LogP contribution in [0.1, 0.15) is 117 Å². The lowest BCUT2D eigenvalue weighted by molar-refractivity contribution is -0.141. The number of benzene rings is 3. The molecule has 560 valence electrons. The minimum atomic E-state index is -1.23. The maximum atomic E-state index is 12.5. The van der Waals surface area contributed by atoms with Gasteiger partial charge in [-0.3, -0.25) is 28.8 Å². The van der Waals surface area contributed by atoms with Crippen molar-refractivity contribution < 1.29 is 81.4 Å². The Labute approximate surface area is 601 Å². The molecule has 3 aliphatic heterocycles. The van der Waals surface area contributed by atoms with Crippen LogP contribution in [0.4, 0.5) is 4.79 Å². The minimum absolute atomic E-state index is 0.000654. The molecule has 0 radical (unpaired) electrons. The Bertz CT molecular complexity index is 3230. The average molecular weight is 1420 g/mol. The molecule has 0 saturated carbocycles. The second-order valence-corrected chi connectivity index (χ2v) is 23.9. The van der Waals surface area contributed by atoms with Crippen LogP contribution in [-0.2, 0) is 88.3 Å². The van der Waals surface area contributed by atoms with Gasteiger partial charge in [-0.15, -0.1) is 0 Å². The van der Waals surface area contributed by atoms with E-state index >= 15 is 0 Å². The number of carbonyl (C=O) groups excluding carboxylic acids is 7. The first kappa shape index (κ1) is 88.9. The summed E-state index contributed by atoms with van der Waals surface area (Å²) in [5.74, 6) is -3.27. The van der Waals surface area contributed by atoms with Crippen LogP contribution in [0.15, 0.2) is 187 Å². The van der Waals surface area contributed by atoms with Crippen LogP contribution in [0.2, 0.25) is 0 Å². The smallest absolute Gasteiger partial charge is 0.407 e. The number of amides is 4. The maximum absolute atomic E-state index is 12.5. The van der Waals surface area contributed by atoms with E-state index in [1.54, 1.807) is 69.3 Å². The number of ketones is 3. The largest absolute Gasteiger partial charge is 0.475 e. The monoisotopic (exact) mass is 1420 g/mol. The topological polar surface area (TPSA) is 383 Å². The summed E-state index contributed by atoms with van der Waals surface area (Å²) in [6.45, 7) is 19.7. The van der Waals surface area contributed by atoms with Gasteiger partial charge in [0.25, 0.3) is 11.8 Å². The first-order valence-corrected chi connectivity index (χ1v) is 34.4. The molecule has 4 amide bonds. The number of ether oxygens (including phenoxy) is 8. The predicted molar refractivity (Wildman–Crippen MR) is 393 cm³/mol. The summed E-state index contributed by atoms with van der Waals surface area (Å²) >= 11 is 0. The highest BCUT2D eigenvalue weighted by Crippen LogP contribution is 2.37. The molecule has 0 aromatic heterocycles. The molecule has 3 unspecified atom stereocenters. The van der Waals surface area contributed by atoms with Gasteiger partial charge in [0.1, 0.15) is 5.60 Å². The summed E-state index contributed by atoms with van der Waals surface area (Å²) in [5.41, 5.74) is 18.8. The van der Waals surface area contributed by atoms with Crippen molar-refractivity contribution in [3.8, 4) is 0 Å². The molecule has 0 fully saturated rings. The number of carboxylic acids is 1. The highest BCUT2D eigenvalue weighted by molar-refractivity contribution is 6.08. The fourth-order valence-corrected chi connectivity index (χ4v) is 8.90. The molecule has 3 aromatic carbocycles. The van der Waals surface area contributed by atoms with Crippen molar-refractivity contribution in [2.75, 3.05) is 105 Å².